The summed E-state index contributed by atoms with van der Waals surface area (Å²) in [4.78, 5) is 26.0. The lowest BCUT2D eigenvalue weighted by Gasteiger charge is -2.14. The molecule has 0 aliphatic carbocycles. The number of hydrogen-bond acceptors (Lipinski definition) is 4. The van der Waals surface area contributed by atoms with E-state index in [4.69, 9.17) is 16.3 Å². The van der Waals surface area contributed by atoms with Gasteiger partial charge in [0, 0.05) is 10.6 Å². The van der Waals surface area contributed by atoms with Crippen molar-refractivity contribution in [1.82, 2.24) is 4.90 Å². The first-order valence-electron chi connectivity index (χ1n) is 7.90. The summed E-state index contributed by atoms with van der Waals surface area (Å²) < 4.78 is 19.3. The molecular formula is C19H15ClFNO3S. The van der Waals surface area contributed by atoms with E-state index in [1.807, 2.05) is 6.92 Å². The Bertz CT molecular complexity index is 863. The van der Waals surface area contributed by atoms with Crippen LogP contribution in [0.4, 0.5) is 9.18 Å². The number of carbonyl (C=O) groups is 2. The molecule has 134 valence electrons. The van der Waals surface area contributed by atoms with Gasteiger partial charge in [-0.1, -0.05) is 29.8 Å². The number of rotatable bonds is 5. The van der Waals surface area contributed by atoms with Gasteiger partial charge in [0.25, 0.3) is 11.1 Å². The zero-order valence-electron chi connectivity index (χ0n) is 13.9. The number of benzene rings is 2. The fourth-order valence-electron chi connectivity index (χ4n) is 2.46. The average molecular weight is 392 g/mol. The van der Waals surface area contributed by atoms with Crippen LogP contribution in [-0.4, -0.2) is 22.7 Å². The number of ether oxygens (including phenoxy) is 1. The van der Waals surface area contributed by atoms with Crippen molar-refractivity contribution in [2.45, 2.75) is 13.5 Å². The number of amides is 2. The highest BCUT2D eigenvalue weighted by atomic mass is 35.5. The Morgan fingerprint density at radius 1 is 1.19 bits per heavy atom. The highest BCUT2D eigenvalue weighted by Crippen LogP contribution is 2.34. The van der Waals surface area contributed by atoms with Crippen LogP contribution in [0, 0.1) is 5.82 Å². The Balaban J connectivity index is 1.80. The third-order valence-electron chi connectivity index (χ3n) is 3.74. The molecule has 0 saturated carbocycles. The second-order valence-corrected chi connectivity index (χ2v) is 6.87. The fourth-order valence-corrected chi connectivity index (χ4v) is 3.52. The number of hydrogen-bond donors (Lipinski definition) is 0. The maximum atomic E-state index is 13.9. The molecule has 7 heteroatoms. The number of nitrogens with zero attached hydrogens (tertiary/aromatic N) is 1. The Hall–Kier alpha value is -2.31. The highest BCUT2D eigenvalue weighted by Gasteiger charge is 2.35. The van der Waals surface area contributed by atoms with Crippen molar-refractivity contribution in [3.63, 3.8) is 0 Å². The maximum Gasteiger partial charge on any atom is 0.293 e. The molecule has 0 atom stereocenters. The normalized spacial score (nSPS) is 15.8. The monoisotopic (exact) mass is 391 g/mol. The summed E-state index contributed by atoms with van der Waals surface area (Å²) in [5.41, 5.74) is 0.890. The van der Waals surface area contributed by atoms with E-state index < -0.39 is 17.0 Å². The van der Waals surface area contributed by atoms with Gasteiger partial charge in [0.15, 0.2) is 0 Å². The van der Waals surface area contributed by atoms with Crippen LogP contribution < -0.4 is 4.74 Å². The molecule has 26 heavy (non-hydrogen) atoms. The van der Waals surface area contributed by atoms with Gasteiger partial charge in [0.05, 0.1) is 18.1 Å². The zero-order valence-corrected chi connectivity index (χ0v) is 15.4. The van der Waals surface area contributed by atoms with E-state index in [0.29, 0.717) is 6.61 Å². The molecule has 0 radical (unpaired) electrons. The van der Waals surface area contributed by atoms with Crippen LogP contribution in [0.1, 0.15) is 18.1 Å². The van der Waals surface area contributed by atoms with Gasteiger partial charge in [-0.3, -0.25) is 14.5 Å². The van der Waals surface area contributed by atoms with E-state index >= 15 is 0 Å². The van der Waals surface area contributed by atoms with Crippen LogP contribution in [0.2, 0.25) is 5.02 Å². The molecule has 1 saturated heterocycles. The molecule has 1 fully saturated rings. The molecule has 0 N–H and O–H groups in total. The minimum absolute atomic E-state index is 0.124. The van der Waals surface area contributed by atoms with E-state index in [1.54, 1.807) is 30.3 Å². The maximum absolute atomic E-state index is 13.9. The Morgan fingerprint density at radius 2 is 1.92 bits per heavy atom. The second-order valence-electron chi connectivity index (χ2n) is 5.47. The SMILES string of the molecule is CCOc1ccc(/C=C2/SC(=O)N(Cc3c(F)cccc3Cl)C2=O)cc1. The topological polar surface area (TPSA) is 46.6 Å². The lowest BCUT2D eigenvalue weighted by Crippen LogP contribution is -2.28. The first kappa shape index (κ1) is 18.5. The number of thioether (sulfide) groups is 1. The Kier molecular flexibility index (Phi) is 5.64. The fraction of sp³-hybridized carbons (Fsp3) is 0.158. The van der Waals surface area contributed by atoms with Crippen molar-refractivity contribution in [2.24, 2.45) is 0 Å². The van der Waals surface area contributed by atoms with Gasteiger partial charge in [-0.15, -0.1) is 0 Å². The van der Waals surface area contributed by atoms with Gasteiger partial charge >= 0.3 is 0 Å². The first-order chi connectivity index (χ1) is 12.5. The molecule has 2 aromatic carbocycles. The number of carbonyl (C=O) groups excluding carboxylic acids is 2. The van der Waals surface area contributed by atoms with E-state index in [-0.39, 0.29) is 22.0 Å². The van der Waals surface area contributed by atoms with Crippen molar-refractivity contribution in [2.75, 3.05) is 6.61 Å². The van der Waals surface area contributed by atoms with Gasteiger partial charge in [-0.25, -0.2) is 4.39 Å². The third-order valence-corrected chi connectivity index (χ3v) is 5.00. The lowest BCUT2D eigenvalue weighted by atomic mass is 10.2. The van der Waals surface area contributed by atoms with Crippen molar-refractivity contribution >= 4 is 40.6 Å². The standard InChI is InChI=1S/C19H15ClFNO3S/c1-2-25-13-8-6-12(7-9-13)10-17-18(23)22(19(24)26-17)11-14-15(20)4-3-5-16(14)21/h3-10H,2,11H2,1H3/b17-10+. The average Bonchev–Trinajstić information content (AvgIpc) is 2.87. The van der Waals surface area contributed by atoms with Crippen LogP contribution in [0.3, 0.4) is 0 Å². The van der Waals surface area contributed by atoms with Crippen LogP contribution >= 0.6 is 23.4 Å². The molecule has 0 bridgehead atoms. The summed E-state index contributed by atoms with van der Waals surface area (Å²) in [6.07, 6.45) is 1.63. The van der Waals surface area contributed by atoms with E-state index in [1.165, 1.54) is 18.2 Å². The molecule has 1 heterocycles. The molecule has 2 amide bonds. The van der Waals surface area contributed by atoms with Crippen LogP contribution in [0.15, 0.2) is 47.4 Å². The number of halogens is 2. The van der Waals surface area contributed by atoms with Crippen molar-refractivity contribution in [1.29, 1.82) is 0 Å². The van der Waals surface area contributed by atoms with Gasteiger partial charge in [-0.05, 0) is 54.6 Å². The minimum Gasteiger partial charge on any atom is -0.494 e. The molecule has 0 aromatic heterocycles. The summed E-state index contributed by atoms with van der Waals surface area (Å²) in [6, 6.07) is 11.4. The minimum atomic E-state index is -0.549. The highest BCUT2D eigenvalue weighted by molar-refractivity contribution is 8.18. The molecular weight excluding hydrogens is 377 g/mol. The summed E-state index contributed by atoms with van der Waals surface area (Å²) in [6.45, 7) is 2.26. The van der Waals surface area contributed by atoms with Crippen LogP contribution in [0.25, 0.3) is 6.08 Å². The first-order valence-corrected chi connectivity index (χ1v) is 9.10. The molecule has 0 spiro atoms. The molecule has 4 nitrogen and oxygen atoms in total. The summed E-state index contributed by atoms with van der Waals surface area (Å²) in [5.74, 6) is -0.285. The van der Waals surface area contributed by atoms with Crippen molar-refractivity contribution in [3.05, 3.63) is 69.3 Å². The largest absolute Gasteiger partial charge is 0.494 e. The molecule has 1 aliphatic rings. The zero-order chi connectivity index (χ0) is 18.7. The summed E-state index contributed by atoms with van der Waals surface area (Å²) in [5, 5.41) is -0.272. The van der Waals surface area contributed by atoms with E-state index in [0.717, 1.165) is 28.0 Å². The quantitative estimate of drug-likeness (QED) is 0.664. The Labute approximate surface area is 159 Å². The predicted octanol–water partition coefficient (Wildman–Crippen LogP) is 5.11. The van der Waals surface area contributed by atoms with Crippen LogP contribution in [-0.2, 0) is 11.3 Å². The number of imide groups is 1. The van der Waals surface area contributed by atoms with Crippen LogP contribution in [0.5, 0.6) is 5.75 Å². The van der Waals surface area contributed by atoms with Gasteiger partial charge in [-0.2, -0.15) is 0 Å². The van der Waals surface area contributed by atoms with Gasteiger partial charge in [0.1, 0.15) is 11.6 Å². The van der Waals surface area contributed by atoms with E-state index in [9.17, 15) is 14.0 Å². The summed E-state index contributed by atoms with van der Waals surface area (Å²) >= 11 is 6.81. The van der Waals surface area contributed by atoms with E-state index in [2.05, 4.69) is 0 Å². The molecule has 3 rings (SSSR count). The third kappa shape index (κ3) is 3.92. The summed E-state index contributed by atoms with van der Waals surface area (Å²) in [7, 11) is 0. The second kappa shape index (κ2) is 7.93. The smallest absolute Gasteiger partial charge is 0.293 e. The van der Waals surface area contributed by atoms with Gasteiger partial charge in [0.2, 0.25) is 0 Å². The van der Waals surface area contributed by atoms with Crippen molar-refractivity contribution in [3.8, 4) is 5.75 Å². The lowest BCUT2D eigenvalue weighted by molar-refractivity contribution is -0.123. The molecule has 1 aliphatic heterocycles. The molecule has 2 aromatic rings. The van der Waals surface area contributed by atoms with Gasteiger partial charge < -0.3 is 4.74 Å². The van der Waals surface area contributed by atoms with Crippen molar-refractivity contribution < 1.29 is 18.7 Å². The predicted molar refractivity (Wildman–Crippen MR) is 101 cm³/mol. The Morgan fingerprint density at radius 3 is 2.58 bits per heavy atom. The molecule has 0 unspecified atom stereocenters.